The van der Waals surface area contributed by atoms with Crippen molar-refractivity contribution in [1.29, 1.82) is 0 Å². The fourth-order valence-corrected chi connectivity index (χ4v) is 2.52. The summed E-state index contributed by atoms with van der Waals surface area (Å²) < 4.78 is 39.5. The fourth-order valence-electron chi connectivity index (χ4n) is 2.52. The lowest BCUT2D eigenvalue weighted by Gasteiger charge is -2.27. The topological polar surface area (TPSA) is 63.9 Å². The number of alkyl halides is 3. The maximum atomic E-state index is 12.5. The molecule has 1 aliphatic rings. The summed E-state index contributed by atoms with van der Waals surface area (Å²) in [5, 5.41) is 8.11. The van der Waals surface area contributed by atoms with Gasteiger partial charge in [0.05, 0.1) is 12.1 Å². The Morgan fingerprint density at radius 1 is 1.26 bits per heavy atom. The molecule has 122 valence electrons. The van der Waals surface area contributed by atoms with Crippen LogP contribution in [0.1, 0.15) is 34.6 Å². The molecule has 0 bridgehead atoms. The maximum absolute atomic E-state index is 12.5. The Hall–Kier alpha value is -2.45. The number of pyridine rings is 1. The molecule has 6 nitrogen and oxygen atoms in total. The van der Waals surface area contributed by atoms with Gasteiger partial charge in [-0.1, -0.05) is 6.92 Å². The molecule has 0 N–H and O–H groups in total. The summed E-state index contributed by atoms with van der Waals surface area (Å²) in [7, 11) is 0. The first-order valence-electron chi connectivity index (χ1n) is 7.13. The van der Waals surface area contributed by atoms with Crippen LogP contribution in [-0.2, 0) is 25.7 Å². The van der Waals surface area contributed by atoms with Gasteiger partial charge < -0.3 is 9.47 Å². The highest BCUT2D eigenvalue weighted by atomic mass is 19.4. The SMILES string of the molecule is CCc1nnc2n1CCN(C(=O)c1ccc(C(F)(F)F)nc1)C2. The zero-order chi connectivity index (χ0) is 16.6. The third-order valence-corrected chi connectivity index (χ3v) is 3.73. The minimum atomic E-state index is -4.51. The van der Waals surface area contributed by atoms with Gasteiger partial charge >= 0.3 is 6.18 Å². The molecule has 0 unspecified atom stereocenters. The highest BCUT2D eigenvalue weighted by Crippen LogP contribution is 2.27. The highest BCUT2D eigenvalue weighted by Gasteiger charge is 2.32. The summed E-state index contributed by atoms with van der Waals surface area (Å²) in [5.41, 5.74) is -0.887. The van der Waals surface area contributed by atoms with Crippen LogP contribution in [0.5, 0.6) is 0 Å². The summed E-state index contributed by atoms with van der Waals surface area (Å²) in [4.78, 5) is 17.3. The summed E-state index contributed by atoms with van der Waals surface area (Å²) in [6.07, 6.45) is -2.80. The molecule has 0 saturated carbocycles. The molecule has 23 heavy (non-hydrogen) atoms. The number of nitrogens with zero attached hydrogens (tertiary/aromatic N) is 5. The van der Waals surface area contributed by atoms with E-state index in [0.29, 0.717) is 18.9 Å². The predicted molar refractivity (Wildman–Crippen MR) is 73.4 cm³/mol. The normalized spacial score (nSPS) is 14.7. The number of aryl methyl sites for hydroxylation is 1. The van der Waals surface area contributed by atoms with Gasteiger partial charge in [-0.25, -0.2) is 0 Å². The monoisotopic (exact) mass is 325 g/mol. The van der Waals surface area contributed by atoms with E-state index in [-0.39, 0.29) is 18.0 Å². The first kappa shape index (κ1) is 15.4. The smallest absolute Gasteiger partial charge is 0.329 e. The van der Waals surface area contributed by atoms with Crippen molar-refractivity contribution < 1.29 is 18.0 Å². The van der Waals surface area contributed by atoms with E-state index in [9.17, 15) is 18.0 Å². The lowest BCUT2D eigenvalue weighted by molar-refractivity contribution is -0.141. The van der Waals surface area contributed by atoms with Gasteiger partial charge in [0.25, 0.3) is 5.91 Å². The molecule has 0 fully saturated rings. The van der Waals surface area contributed by atoms with Crippen molar-refractivity contribution in [3.8, 4) is 0 Å². The van der Waals surface area contributed by atoms with E-state index in [2.05, 4.69) is 15.2 Å². The molecule has 3 rings (SSSR count). The van der Waals surface area contributed by atoms with Crippen molar-refractivity contribution in [3.05, 3.63) is 41.2 Å². The van der Waals surface area contributed by atoms with Crippen molar-refractivity contribution in [1.82, 2.24) is 24.6 Å². The average Bonchev–Trinajstić information content (AvgIpc) is 2.95. The van der Waals surface area contributed by atoms with Crippen LogP contribution < -0.4 is 0 Å². The zero-order valence-corrected chi connectivity index (χ0v) is 12.3. The number of hydrogen-bond donors (Lipinski definition) is 0. The average molecular weight is 325 g/mol. The van der Waals surface area contributed by atoms with Crippen LogP contribution >= 0.6 is 0 Å². The Bertz CT molecular complexity index is 723. The molecule has 0 saturated heterocycles. The fraction of sp³-hybridized carbons (Fsp3) is 0.429. The number of hydrogen-bond acceptors (Lipinski definition) is 4. The minimum Gasteiger partial charge on any atom is -0.329 e. The Morgan fingerprint density at radius 2 is 2.04 bits per heavy atom. The molecule has 3 heterocycles. The number of fused-ring (bicyclic) bond motifs is 1. The van der Waals surface area contributed by atoms with Gasteiger partial charge in [0.1, 0.15) is 11.5 Å². The van der Waals surface area contributed by atoms with Gasteiger partial charge in [0, 0.05) is 25.7 Å². The molecule has 1 amide bonds. The zero-order valence-electron chi connectivity index (χ0n) is 12.3. The van der Waals surface area contributed by atoms with Gasteiger partial charge in [-0.3, -0.25) is 9.78 Å². The second kappa shape index (κ2) is 5.64. The van der Waals surface area contributed by atoms with Crippen molar-refractivity contribution in [3.63, 3.8) is 0 Å². The number of carbonyl (C=O) groups is 1. The molecule has 9 heteroatoms. The summed E-state index contributed by atoms with van der Waals surface area (Å²) >= 11 is 0. The van der Waals surface area contributed by atoms with Gasteiger partial charge in [-0.2, -0.15) is 13.2 Å². The van der Waals surface area contributed by atoms with Crippen LogP contribution in [0, 0.1) is 0 Å². The third kappa shape index (κ3) is 2.90. The quantitative estimate of drug-likeness (QED) is 0.846. The van der Waals surface area contributed by atoms with E-state index in [0.717, 1.165) is 30.6 Å². The van der Waals surface area contributed by atoms with Crippen LogP contribution in [-0.4, -0.2) is 37.1 Å². The molecule has 2 aromatic heterocycles. The molecule has 1 aliphatic heterocycles. The van der Waals surface area contributed by atoms with Crippen molar-refractivity contribution in [2.24, 2.45) is 0 Å². The lowest BCUT2D eigenvalue weighted by Crippen LogP contribution is -2.38. The number of aromatic nitrogens is 4. The second-order valence-electron chi connectivity index (χ2n) is 5.19. The molecular weight excluding hydrogens is 311 g/mol. The van der Waals surface area contributed by atoms with Crippen LogP contribution in [0.15, 0.2) is 18.3 Å². The summed E-state index contributed by atoms with van der Waals surface area (Å²) in [6.45, 7) is 3.29. The second-order valence-corrected chi connectivity index (χ2v) is 5.19. The van der Waals surface area contributed by atoms with Gasteiger partial charge in [-0.15, -0.1) is 10.2 Å². The molecule has 0 spiro atoms. The Labute approximate surface area is 130 Å². The molecular formula is C14H14F3N5O. The number of rotatable bonds is 2. The van der Waals surface area contributed by atoms with Crippen LogP contribution in [0.3, 0.4) is 0 Å². The van der Waals surface area contributed by atoms with E-state index >= 15 is 0 Å². The van der Waals surface area contributed by atoms with Crippen LogP contribution in [0.2, 0.25) is 0 Å². The van der Waals surface area contributed by atoms with Crippen molar-refractivity contribution >= 4 is 5.91 Å². The standard InChI is InChI=1S/C14H14F3N5O/c1-2-11-19-20-12-8-21(5-6-22(11)12)13(23)9-3-4-10(18-7-9)14(15,16)17/h3-4,7H,2,5-6,8H2,1H3. The van der Waals surface area contributed by atoms with E-state index in [4.69, 9.17) is 0 Å². The van der Waals surface area contributed by atoms with Crippen LogP contribution in [0.25, 0.3) is 0 Å². The molecule has 0 radical (unpaired) electrons. The Balaban J connectivity index is 1.76. The summed E-state index contributed by atoms with van der Waals surface area (Å²) in [5.74, 6) is 1.18. The van der Waals surface area contributed by atoms with E-state index in [1.165, 1.54) is 4.90 Å². The predicted octanol–water partition coefficient (Wildman–Crippen LogP) is 1.91. The number of amides is 1. The Kier molecular flexibility index (Phi) is 3.78. The molecule has 0 aliphatic carbocycles. The lowest BCUT2D eigenvalue weighted by atomic mass is 10.2. The third-order valence-electron chi connectivity index (χ3n) is 3.73. The highest BCUT2D eigenvalue weighted by molar-refractivity contribution is 5.93. The van der Waals surface area contributed by atoms with Crippen LogP contribution in [0.4, 0.5) is 13.2 Å². The number of halogens is 3. The van der Waals surface area contributed by atoms with Gasteiger partial charge in [-0.05, 0) is 12.1 Å². The van der Waals surface area contributed by atoms with Gasteiger partial charge in [0.2, 0.25) is 0 Å². The Morgan fingerprint density at radius 3 is 2.65 bits per heavy atom. The summed E-state index contributed by atoms with van der Waals surface area (Å²) in [6, 6.07) is 1.96. The van der Waals surface area contributed by atoms with Gasteiger partial charge in [0.15, 0.2) is 5.82 Å². The van der Waals surface area contributed by atoms with Crippen molar-refractivity contribution in [2.75, 3.05) is 6.54 Å². The molecule has 0 aromatic carbocycles. The van der Waals surface area contributed by atoms with E-state index in [1.54, 1.807) is 0 Å². The first-order valence-corrected chi connectivity index (χ1v) is 7.13. The number of carbonyl (C=O) groups excluding carboxylic acids is 1. The maximum Gasteiger partial charge on any atom is 0.433 e. The van der Waals surface area contributed by atoms with E-state index in [1.807, 2.05) is 11.5 Å². The first-order chi connectivity index (χ1) is 10.9. The molecule has 0 atom stereocenters. The van der Waals surface area contributed by atoms with E-state index < -0.39 is 11.9 Å². The largest absolute Gasteiger partial charge is 0.433 e. The van der Waals surface area contributed by atoms with Crippen molar-refractivity contribution in [2.45, 2.75) is 32.6 Å². The molecule has 2 aromatic rings. The minimum absolute atomic E-state index is 0.127.